The summed E-state index contributed by atoms with van der Waals surface area (Å²) in [6, 6.07) is 0. The summed E-state index contributed by atoms with van der Waals surface area (Å²) in [6.07, 6.45) is 10.9. The van der Waals surface area contributed by atoms with Crippen LogP contribution in [0, 0.1) is 5.41 Å². The van der Waals surface area contributed by atoms with Gasteiger partial charge < -0.3 is 9.64 Å². The zero-order chi connectivity index (χ0) is 14.6. The number of unbranched alkanes of at least 4 members (excludes halogenated alkanes) is 4. The maximum absolute atomic E-state index is 5.18. The highest BCUT2D eigenvalue weighted by molar-refractivity contribution is 4.77. The Kier molecular flexibility index (Phi) is 11.7. The Bertz CT molecular complexity index is 196. The van der Waals surface area contributed by atoms with Crippen molar-refractivity contribution in [3.8, 4) is 0 Å². The van der Waals surface area contributed by atoms with Crippen LogP contribution in [0.25, 0.3) is 0 Å². The van der Waals surface area contributed by atoms with Crippen LogP contribution in [0.3, 0.4) is 0 Å². The molecule has 0 aliphatic carbocycles. The minimum Gasteiger partial charge on any atom is -0.383 e. The molecule has 19 heavy (non-hydrogen) atoms. The summed E-state index contributed by atoms with van der Waals surface area (Å²) in [7, 11) is 4.02. The van der Waals surface area contributed by atoms with Crippen LogP contribution in [0.5, 0.6) is 0 Å². The molecule has 0 rings (SSSR count). The lowest BCUT2D eigenvalue weighted by atomic mass is 9.79. The number of ether oxygens (including phenoxy) is 1. The first-order valence-electron chi connectivity index (χ1n) is 8.25. The second-order valence-corrected chi connectivity index (χ2v) is 6.46. The fraction of sp³-hybridized carbons (Fsp3) is 1.00. The van der Waals surface area contributed by atoms with Gasteiger partial charge in [0.2, 0.25) is 0 Å². The third-order valence-corrected chi connectivity index (χ3v) is 4.10. The normalized spacial score (nSPS) is 14.8. The molecule has 116 valence electrons. The summed E-state index contributed by atoms with van der Waals surface area (Å²) in [5.41, 5.74) is 0.492. The summed E-state index contributed by atoms with van der Waals surface area (Å²) < 4.78 is 5.18. The summed E-state index contributed by atoms with van der Waals surface area (Å²) in [4.78, 5) is 2.44. The van der Waals surface area contributed by atoms with Crippen LogP contribution >= 0.6 is 0 Å². The van der Waals surface area contributed by atoms with Crippen molar-refractivity contribution in [2.45, 2.75) is 72.1 Å². The number of likely N-dealkylation sites (N-methyl/N-ethyl adjacent to an activating group) is 1. The Balaban J connectivity index is 4.15. The van der Waals surface area contributed by atoms with Crippen molar-refractivity contribution in [3.63, 3.8) is 0 Å². The molecule has 2 nitrogen and oxygen atoms in total. The van der Waals surface area contributed by atoms with Crippen molar-refractivity contribution in [2.75, 3.05) is 33.9 Å². The molecular weight excluding hydrogens is 234 g/mol. The van der Waals surface area contributed by atoms with Crippen molar-refractivity contribution in [3.05, 3.63) is 0 Å². The lowest BCUT2D eigenvalue weighted by Crippen LogP contribution is -2.35. The molecule has 0 saturated carbocycles. The van der Waals surface area contributed by atoms with E-state index in [4.69, 9.17) is 4.74 Å². The van der Waals surface area contributed by atoms with Crippen molar-refractivity contribution in [2.24, 2.45) is 5.41 Å². The minimum absolute atomic E-state index is 0.492. The molecule has 0 aliphatic rings. The van der Waals surface area contributed by atoms with E-state index in [1.54, 1.807) is 7.11 Å². The van der Waals surface area contributed by atoms with Crippen LogP contribution in [-0.4, -0.2) is 38.8 Å². The highest BCUT2D eigenvalue weighted by Gasteiger charge is 2.24. The van der Waals surface area contributed by atoms with Gasteiger partial charge in [0.1, 0.15) is 0 Å². The molecule has 0 aromatic heterocycles. The molecule has 0 heterocycles. The van der Waals surface area contributed by atoms with E-state index in [0.717, 1.165) is 13.2 Å². The van der Waals surface area contributed by atoms with Gasteiger partial charge in [-0.05, 0) is 25.3 Å². The minimum atomic E-state index is 0.492. The largest absolute Gasteiger partial charge is 0.383 e. The van der Waals surface area contributed by atoms with Crippen LogP contribution in [0.2, 0.25) is 0 Å². The van der Waals surface area contributed by atoms with E-state index in [1.165, 1.54) is 57.9 Å². The lowest BCUT2D eigenvalue weighted by molar-refractivity contribution is 0.117. The van der Waals surface area contributed by atoms with Crippen LogP contribution in [0.4, 0.5) is 0 Å². The average molecular weight is 271 g/mol. The van der Waals surface area contributed by atoms with Gasteiger partial charge >= 0.3 is 0 Å². The third kappa shape index (κ3) is 10.4. The highest BCUT2D eigenvalue weighted by atomic mass is 16.5. The summed E-state index contributed by atoms with van der Waals surface area (Å²) in [5.74, 6) is 0. The van der Waals surface area contributed by atoms with E-state index >= 15 is 0 Å². The number of methoxy groups -OCH3 is 1. The molecule has 1 unspecified atom stereocenters. The molecule has 0 N–H and O–H groups in total. The van der Waals surface area contributed by atoms with E-state index < -0.39 is 0 Å². The maximum atomic E-state index is 5.18. The van der Waals surface area contributed by atoms with Crippen LogP contribution < -0.4 is 0 Å². The van der Waals surface area contributed by atoms with Gasteiger partial charge in [0, 0.05) is 20.2 Å². The fourth-order valence-corrected chi connectivity index (χ4v) is 2.84. The Morgan fingerprint density at radius 1 is 0.947 bits per heavy atom. The molecule has 0 amide bonds. The topological polar surface area (TPSA) is 12.5 Å². The SMILES string of the molecule is CCCCCCC(C)(CCCC)CN(C)CCOC. The van der Waals surface area contributed by atoms with Gasteiger partial charge in [0.25, 0.3) is 0 Å². The second kappa shape index (κ2) is 11.7. The van der Waals surface area contributed by atoms with E-state index in [1.807, 2.05) is 0 Å². The van der Waals surface area contributed by atoms with Gasteiger partial charge in [-0.3, -0.25) is 0 Å². The Labute approximate surface area is 121 Å². The molecule has 0 radical (unpaired) electrons. The zero-order valence-corrected chi connectivity index (χ0v) is 14.1. The van der Waals surface area contributed by atoms with Crippen molar-refractivity contribution in [1.82, 2.24) is 4.90 Å². The maximum Gasteiger partial charge on any atom is 0.0589 e. The lowest BCUT2D eigenvalue weighted by Gasteiger charge is -2.34. The van der Waals surface area contributed by atoms with Gasteiger partial charge in [0.05, 0.1) is 6.61 Å². The van der Waals surface area contributed by atoms with E-state index in [2.05, 4.69) is 32.7 Å². The Hall–Kier alpha value is -0.0800. The van der Waals surface area contributed by atoms with Gasteiger partial charge in [-0.25, -0.2) is 0 Å². The summed E-state index contributed by atoms with van der Waals surface area (Å²) in [5, 5.41) is 0. The standard InChI is InChI=1S/C17H37NO/c1-6-8-10-11-13-17(3,12-9-7-2)16-18(4)14-15-19-5/h6-16H2,1-5H3. The van der Waals surface area contributed by atoms with Crippen LogP contribution in [-0.2, 0) is 4.74 Å². The van der Waals surface area contributed by atoms with E-state index in [-0.39, 0.29) is 0 Å². The number of hydrogen-bond donors (Lipinski definition) is 0. The fourth-order valence-electron chi connectivity index (χ4n) is 2.84. The van der Waals surface area contributed by atoms with Crippen molar-refractivity contribution < 1.29 is 4.74 Å². The molecule has 2 heteroatoms. The smallest absolute Gasteiger partial charge is 0.0589 e. The quantitative estimate of drug-likeness (QED) is 0.449. The molecule has 0 aliphatic heterocycles. The first-order valence-corrected chi connectivity index (χ1v) is 8.25. The van der Waals surface area contributed by atoms with Gasteiger partial charge in [-0.2, -0.15) is 0 Å². The molecule has 0 saturated heterocycles. The van der Waals surface area contributed by atoms with Crippen LogP contribution in [0.15, 0.2) is 0 Å². The summed E-state index contributed by atoms with van der Waals surface area (Å²) >= 11 is 0. The molecule has 1 atom stereocenters. The van der Waals surface area contributed by atoms with Crippen molar-refractivity contribution >= 4 is 0 Å². The van der Waals surface area contributed by atoms with E-state index in [9.17, 15) is 0 Å². The molecule has 0 fully saturated rings. The van der Waals surface area contributed by atoms with Crippen molar-refractivity contribution in [1.29, 1.82) is 0 Å². The first kappa shape index (κ1) is 18.9. The predicted molar refractivity (Wildman–Crippen MR) is 85.8 cm³/mol. The molecule has 0 aromatic carbocycles. The van der Waals surface area contributed by atoms with E-state index in [0.29, 0.717) is 5.41 Å². The molecule has 0 aromatic rings. The number of nitrogens with zero attached hydrogens (tertiary/aromatic N) is 1. The third-order valence-electron chi connectivity index (χ3n) is 4.10. The van der Waals surface area contributed by atoms with Gasteiger partial charge in [0.15, 0.2) is 0 Å². The molecule has 0 bridgehead atoms. The highest BCUT2D eigenvalue weighted by Crippen LogP contribution is 2.31. The van der Waals surface area contributed by atoms with Gasteiger partial charge in [-0.1, -0.05) is 59.3 Å². The zero-order valence-electron chi connectivity index (χ0n) is 14.1. The first-order chi connectivity index (χ1) is 9.08. The Morgan fingerprint density at radius 2 is 1.58 bits per heavy atom. The van der Waals surface area contributed by atoms with Crippen LogP contribution in [0.1, 0.15) is 72.1 Å². The molecular formula is C17H37NO. The monoisotopic (exact) mass is 271 g/mol. The second-order valence-electron chi connectivity index (χ2n) is 6.46. The average Bonchev–Trinajstić information content (AvgIpc) is 2.39. The summed E-state index contributed by atoms with van der Waals surface area (Å²) in [6.45, 7) is 10.2. The molecule has 0 spiro atoms. The number of hydrogen-bond acceptors (Lipinski definition) is 2. The van der Waals surface area contributed by atoms with Gasteiger partial charge in [-0.15, -0.1) is 0 Å². The number of rotatable bonds is 13. The Morgan fingerprint density at radius 3 is 2.16 bits per heavy atom. The predicted octanol–water partition coefficient (Wildman–Crippen LogP) is 4.73.